The number of aryl methyl sites for hydroxylation is 1. The Morgan fingerprint density at radius 3 is 2.47 bits per heavy atom. The van der Waals surface area contributed by atoms with Crippen molar-refractivity contribution < 1.29 is 14.3 Å². The second-order valence-corrected chi connectivity index (χ2v) is 8.44. The summed E-state index contributed by atoms with van der Waals surface area (Å²) in [7, 11) is 3.17. The first-order valence-electron chi connectivity index (χ1n) is 11.1. The van der Waals surface area contributed by atoms with Gasteiger partial charge in [0.15, 0.2) is 11.5 Å². The number of aromatic nitrogens is 2. The average Bonchev–Trinajstić information content (AvgIpc) is 2.87. The number of methoxy groups -OCH3 is 2. The van der Waals surface area contributed by atoms with E-state index in [1.165, 1.54) is 0 Å². The molecule has 0 radical (unpaired) electrons. The number of rotatable bonds is 4. The molecule has 2 aromatic carbocycles. The van der Waals surface area contributed by atoms with Gasteiger partial charge in [-0.05, 0) is 72.3 Å². The Morgan fingerprint density at radius 1 is 1.00 bits per heavy atom. The van der Waals surface area contributed by atoms with E-state index in [2.05, 4.69) is 9.97 Å². The molecule has 0 aliphatic carbocycles. The number of amides is 1. The molecule has 1 aliphatic rings. The van der Waals surface area contributed by atoms with Gasteiger partial charge in [-0.25, -0.2) is 0 Å². The quantitative estimate of drug-likeness (QED) is 0.502. The van der Waals surface area contributed by atoms with E-state index in [0.717, 1.165) is 27.6 Å². The topological polar surface area (TPSA) is 84.5 Å². The lowest BCUT2D eigenvalue weighted by molar-refractivity contribution is 0.0693. The summed E-state index contributed by atoms with van der Waals surface area (Å²) in [6.45, 7) is 2.47. The van der Waals surface area contributed by atoms with E-state index in [9.17, 15) is 9.59 Å². The SMILES string of the molecule is COc1cc2c(cc1OC)[C@H](c1cc3cc(C)ccc3[nH]c1=O)N(C(=O)c1ccncc1)CC2. The summed E-state index contributed by atoms with van der Waals surface area (Å²) in [6, 6.07) is 14.4. The van der Waals surface area contributed by atoms with Crippen LogP contribution in [0.5, 0.6) is 11.5 Å². The molecule has 1 amide bonds. The Morgan fingerprint density at radius 2 is 1.74 bits per heavy atom. The molecule has 5 rings (SSSR count). The van der Waals surface area contributed by atoms with Gasteiger partial charge in [-0.3, -0.25) is 14.6 Å². The molecule has 0 bridgehead atoms. The zero-order chi connectivity index (χ0) is 23.8. The van der Waals surface area contributed by atoms with Crippen LogP contribution in [-0.2, 0) is 6.42 Å². The first-order valence-corrected chi connectivity index (χ1v) is 11.1. The van der Waals surface area contributed by atoms with Crippen molar-refractivity contribution in [3.05, 3.63) is 99.1 Å². The minimum absolute atomic E-state index is 0.156. The Hall–Kier alpha value is -4.13. The van der Waals surface area contributed by atoms with Crippen molar-refractivity contribution >= 4 is 16.8 Å². The number of fused-ring (bicyclic) bond motifs is 2. The first-order chi connectivity index (χ1) is 16.5. The largest absolute Gasteiger partial charge is 0.493 e. The number of carbonyl (C=O) groups is 1. The highest BCUT2D eigenvalue weighted by atomic mass is 16.5. The number of H-pyrrole nitrogens is 1. The van der Waals surface area contributed by atoms with Gasteiger partial charge in [-0.15, -0.1) is 0 Å². The van der Waals surface area contributed by atoms with Crippen molar-refractivity contribution in [2.75, 3.05) is 20.8 Å². The normalized spacial score (nSPS) is 15.1. The van der Waals surface area contributed by atoms with E-state index in [1.807, 2.05) is 43.3 Å². The van der Waals surface area contributed by atoms with Crippen LogP contribution < -0.4 is 15.0 Å². The third-order valence-electron chi connectivity index (χ3n) is 6.38. The van der Waals surface area contributed by atoms with Crippen molar-refractivity contribution in [1.29, 1.82) is 0 Å². The molecule has 34 heavy (non-hydrogen) atoms. The molecule has 7 heteroatoms. The van der Waals surface area contributed by atoms with Crippen molar-refractivity contribution in [2.45, 2.75) is 19.4 Å². The van der Waals surface area contributed by atoms with Crippen molar-refractivity contribution in [3.8, 4) is 11.5 Å². The third-order valence-corrected chi connectivity index (χ3v) is 6.38. The number of aromatic amines is 1. The van der Waals surface area contributed by atoms with Gasteiger partial charge in [0.25, 0.3) is 11.5 Å². The molecule has 0 saturated carbocycles. The summed E-state index contributed by atoms with van der Waals surface area (Å²) in [6.07, 6.45) is 3.83. The number of hydrogen-bond donors (Lipinski definition) is 1. The summed E-state index contributed by atoms with van der Waals surface area (Å²) in [5, 5.41) is 0.915. The molecule has 0 spiro atoms. The lowest BCUT2D eigenvalue weighted by Crippen LogP contribution is -2.42. The van der Waals surface area contributed by atoms with Crippen molar-refractivity contribution in [1.82, 2.24) is 14.9 Å². The van der Waals surface area contributed by atoms with Gasteiger partial charge >= 0.3 is 0 Å². The maximum Gasteiger partial charge on any atom is 0.254 e. The van der Waals surface area contributed by atoms with E-state index in [4.69, 9.17) is 9.47 Å². The van der Waals surface area contributed by atoms with Crippen LogP contribution in [0.15, 0.2) is 65.7 Å². The van der Waals surface area contributed by atoms with Crippen molar-refractivity contribution in [3.63, 3.8) is 0 Å². The highest BCUT2D eigenvalue weighted by Crippen LogP contribution is 2.41. The Balaban J connectivity index is 1.74. The number of hydrogen-bond acceptors (Lipinski definition) is 5. The van der Waals surface area contributed by atoms with E-state index >= 15 is 0 Å². The number of nitrogens with one attached hydrogen (secondary N) is 1. The molecule has 7 nitrogen and oxygen atoms in total. The molecular weight excluding hydrogens is 430 g/mol. The number of benzene rings is 2. The number of ether oxygens (including phenoxy) is 2. The van der Waals surface area contributed by atoms with E-state index in [0.29, 0.717) is 35.6 Å². The minimum atomic E-state index is -0.585. The van der Waals surface area contributed by atoms with Crippen LogP contribution in [0.1, 0.15) is 38.7 Å². The van der Waals surface area contributed by atoms with Crippen LogP contribution in [-0.4, -0.2) is 41.5 Å². The molecule has 1 aliphatic heterocycles. The van der Waals surface area contributed by atoms with Crippen LogP contribution in [0.25, 0.3) is 10.9 Å². The molecule has 2 aromatic heterocycles. The predicted octanol–water partition coefficient (Wildman–Crippen LogP) is 4.04. The Kier molecular flexibility index (Phi) is 5.53. The minimum Gasteiger partial charge on any atom is -0.493 e. The molecule has 1 N–H and O–H groups in total. The van der Waals surface area contributed by atoms with Crippen LogP contribution in [0, 0.1) is 6.92 Å². The van der Waals surface area contributed by atoms with Gasteiger partial charge in [0.1, 0.15) is 0 Å². The maximum atomic E-state index is 13.6. The fourth-order valence-corrected chi connectivity index (χ4v) is 4.71. The standard InChI is InChI=1S/C27H25N3O4/c1-16-4-5-22-19(12-16)13-21(26(31)29-22)25-20-15-24(34-3)23(33-2)14-18(20)8-11-30(25)27(32)17-6-9-28-10-7-17/h4-7,9-10,12-15,25H,8,11H2,1-3H3,(H,29,31)/t25-/m1/s1. The molecule has 0 unspecified atom stereocenters. The second kappa shape index (κ2) is 8.67. The number of nitrogens with zero attached hydrogens (tertiary/aromatic N) is 2. The summed E-state index contributed by atoms with van der Waals surface area (Å²) in [5.74, 6) is 1.02. The highest BCUT2D eigenvalue weighted by molar-refractivity contribution is 5.95. The fourth-order valence-electron chi connectivity index (χ4n) is 4.71. The maximum absolute atomic E-state index is 13.6. The summed E-state index contributed by atoms with van der Waals surface area (Å²) in [5.41, 5.74) is 4.52. The molecule has 1 atom stereocenters. The van der Waals surface area contributed by atoms with Gasteiger partial charge in [0, 0.05) is 35.6 Å². The molecule has 172 valence electrons. The van der Waals surface area contributed by atoms with Crippen LogP contribution in [0.2, 0.25) is 0 Å². The summed E-state index contributed by atoms with van der Waals surface area (Å²) in [4.78, 5) is 35.8. The van der Waals surface area contributed by atoms with E-state index in [-0.39, 0.29) is 11.5 Å². The second-order valence-electron chi connectivity index (χ2n) is 8.44. The van der Waals surface area contributed by atoms with Crippen LogP contribution >= 0.6 is 0 Å². The molecule has 3 heterocycles. The first kappa shape index (κ1) is 21.7. The summed E-state index contributed by atoms with van der Waals surface area (Å²) >= 11 is 0. The molecular formula is C27H25N3O4. The zero-order valence-electron chi connectivity index (χ0n) is 19.3. The zero-order valence-corrected chi connectivity index (χ0v) is 19.3. The number of carbonyl (C=O) groups excluding carboxylic acids is 1. The van der Waals surface area contributed by atoms with Crippen molar-refractivity contribution in [2.24, 2.45) is 0 Å². The smallest absolute Gasteiger partial charge is 0.254 e. The Bertz CT molecular complexity index is 1450. The summed E-state index contributed by atoms with van der Waals surface area (Å²) < 4.78 is 11.1. The monoisotopic (exact) mass is 455 g/mol. The number of pyridine rings is 2. The van der Waals surface area contributed by atoms with Crippen LogP contribution in [0.4, 0.5) is 0 Å². The predicted molar refractivity (Wildman–Crippen MR) is 130 cm³/mol. The van der Waals surface area contributed by atoms with Gasteiger partial charge in [0.05, 0.1) is 20.3 Å². The van der Waals surface area contributed by atoms with Gasteiger partial charge in [0.2, 0.25) is 0 Å². The molecule has 4 aromatic rings. The molecule has 0 fully saturated rings. The van der Waals surface area contributed by atoms with E-state index < -0.39 is 6.04 Å². The third kappa shape index (κ3) is 3.69. The Labute approximate surface area is 197 Å². The molecule has 0 saturated heterocycles. The van der Waals surface area contributed by atoms with Gasteiger partial charge < -0.3 is 19.4 Å². The van der Waals surface area contributed by atoms with Crippen LogP contribution in [0.3, 0.4) is 0 Å². The van der Waals surface area contributed by atoms with E-state index in [1.54, 1.807) is 43.6 Å². The fraction of sp³-hybridized carbons (Fsp3) is 0.222. The van der Waals surface area contributed by atoms with Gasteiger partial charge in [-0.2, -0.15) is 0 Å². The average molecular weight is 456 g/mol. The van der Waals surface area contributed by atoms with Gasteiger partial charge in [-0.1, -0.05) is 11.6 Å². The highest BCUT2D eigenvalue weighted by Gasteiger charge is 2.35. The lowest BCUT2D eigenvalue weighted by atomic mass is 9.87. The lowest BCUT2D eigenvalue weighted by Gasteiger charge is -2.38.